The Kier molecular flexibility index (Phi) is 5.04. The lowest BCUT2D eigenvalue weighted by atomic mass is 10.1. The highest BCUT2D eigenvalue weighted by atomic mass is 16.4. The van der Waals surface area contributed by atoms with E-state index in [4.69, 9.17) is 8.83 Å². The van der Waals surface area contributed by atoms with E-state index in [1.54, 1.807) is 30.3 Å². The Morgan fingerprint density at radius 1 is 1.36 bits per heavy atom. The van der Waals surface area contributed by atoms with Crippen LogP contribution in [0.5, 0.6) is 0 Å². The molecule has 7 nitrogen and oxygen atoms in total. The maximum Gasteiger partial charge on any atom is 0.319 e. The largest absolute Gasteiger partial charge is 0.467 e. The Bertz CT molecular complexity index is 841. The van der Waals surface area contributed by atoms with Crippen molar-refractivity contribution >= 4 is 22.8 Å². The van der Waals surface area contributed by atoms with Crippen LogP contribution in [0.4, 0.5) is 10.5 Å². The molecule has 2 amide bonds. The molecule has 3 aromatic rings. The number of nitrogens with one attached hydrogen (secondary N) is 2. The fourth-order valence-electron chi connectivity index (χ4n) is 2.59. The van der Waals surface area contributed by atoms with E-state index in [2.05, 4.69) is 15.6 Å². The van der Waals surface area contributed by atoms with Crippen molar-refractivity contribution in [1.29, 1.82) is 0 Å². The smallest absolute Gasteiger partial charge is 0.319 e. The molecule has 0 unspecified atom stereocenters. The van der Waals surface area contributed by atoms with Gasteiger partial charge in [-0.05, 0) is 37.3 Å². The van der Waals surface area contributed by atoms with Gasteiger partial charge in [0.15, 0.2) is 11.5 Å². The topological polar surface area (TPSA) is 101 Å². The van der Waals surface area contributed by atoms with E-state index in [0.717, 1.165) is 0 Å². The molecule has 2 aromatic heterocycles. The number of aromatic nitrogens is 1. The molecular formula is C18H21N3O4. The first kappa shape index (κ1) is 17.0. The lowest BCUT2D eigenvalue weighted by Crippen LogP contribution is -2.37. The summed E-state index contributed by atoms with van der Waals surface area (Å²) in [4.78, 5) is 16.5. The normalized spacial score (nSPS) is 13.6. The van der Waals surface area contributed by atoms with Crippen molar-refractivity contribution in [2.75, 3.05) is 5.32 Å². The predicted octanol–water partition coefficient (Wildman–Crippen LogP) is 3.62. The fraction of sp³-hybridized carbons (Fsp3) is 0.333. The number of carbonyl (C=O) groups excluding carboxylic acids is 1. The summed E-state index contributed by atoms with van der Waals surface area (Å²) in [5.41, 5.74) is 2.02. The van der Waals surface area contributed by atoms with E-state index in [-0.39, 0.29) is 12.1 Å². The summed E-state index contributed by atoms with van der Waals surface area (Å²) >= 11 is 0. The molecular weight excluding hydrogens is 322 g/mol. The first-order chi connectivity index (χ1) is 12.0. The van der Waals surface area contributed by atoms with Crippen LogP contribution in [0.15, 0.2) is 45.4 Å². The molecule has 0 spiro atoms. The summed E-state index contributed by atoms with van der Waals surface area (Å²) in [6.45, 7) is 3.79. The number of anilines is 1. The molecule has 3 rings (SSSR count). The summed E-state index contributed by atoms with van der Waals surface area (Å²) in [6, 6.07) is 8.14. The van der Waals surface area contributed by atoms with Crippen LogP contribution in [0, 0.1) is 0 Å². The molecule has 0 aliphatic rings. The highest BCUT2D eigenvalue weighted by Gasteiger charge is 2.16. The second kappa shape index (κ2) is 7.40. The number of aliphatic hydroxyl groups is 1. The standard InChI is InChI=1S/C18H21N3O4/c1-3-17-21-13-10-12(6-7-15(13)25-17)20-18(23)19-11(2)9-14(22)16-5-4-8-24-16/h4-8,10-11,14,22H,3,9H2,1-2H3,(H2,19,20,23)/t11-,14-/m1/s1. The van der Waals surface area contributed by atoms with Gasteiger partial charge in [-0.2, -0.15) is 0 Å². The summed E-state index contributed by atoms with van der Waals surface area (Å²) < 4.78 is 10.7. The molecule has 0 fully saturated rings. The van der Waals surface area contributed by atoms with Gasteiger partial charge in [-0.15, -0.1) is 0 Å². The molecule has 0 bridgehead atoms. The SMILES string of the molecule is CCc1nc2cc(NC(=O)N[C@H](C)C[C@@H](O)c3ccco3)ccc2o1. The van der Waals surface area contributed by atoms with Crippen LogP contribution in [-0.4, -0.2) is 22.2 Å². The minimum absolute atomic E-state index is 0.234. The first-order valence-electron chi connectivity index (χ1n) is 8.23. The van der Waals surface area contributed by atoms with E-state index >= 15 is 0 Å². The number of carbonyl (C=O) groups is 1. The maximum atomic E-state index is 12.1. The number of aliphatic hydroxyl groups excluding tert-OH is 1. The molecule has 0 saturated heterocycles. The van der Waals surface area contributed by atoms with Crippen molar-refractivity contribution < 1.29 is 18.7 Å². The van der Waals surface area contributed by atoms with Crippen molar-refractivity contribution in [3.63, 3.8) is 0 Å². The van der Waals surface area contributed by atoms with Gasteiger partial charge in [0, 0.05) is 24.6 Å². The number of nitrogens with zero attached hydrogens (tertiary/aromatic N) is 1. The van der Waals surface area contributed by atoms with Crippen molar-refractivity contribution in [3.8, 4) is 0 Å². The monoisotopic (exact) mass is 343 g/mol. The van der Waals surface area contributed by atoms with Crippen LogP contribution in [0.25, 0.3) is 11.1 Å². The molecule has 0 saturated carbocycles. The molecule has 2 heterocycles. The summed E-state index contributed by atoms with van der Waals surface area (Å²) in [5, 5.41) is 15.6. The van der Waals surface area contributed by atoms with Crippen LogP contribution in [0.2, 0.25) is 0 Å². The third-order valence-corrected chi connectivity index (χ3v) is 3.82. The molecule has 25 heavy (non-hydrogen) atoms. The Balaban J connectivity index is 1.56. The zero-order valence-corrected chi connectivity index (χ0v) is 14.2. The number of furan rings is 1. The third kappa shape index (κ3) is 4.19. The molecule has 7 heteroatoms. The van der Waals surface area contributed by atoms with E-state index in [0.29, 0.717) is 41.3 Å². The quantitative estimate of drug-likeness (QED) is 0.635. The number of oxazole rings is 1. The Morgan fingerprint density at radius 3 is 2.92 bits per heavy atom. The Morgan fingerprint density at radius 2 is 2.20 bits per heavy atom. The van der Waals surface area contributed by atoms with Gasteiger partial charge in [-0.1, -0.05) is 6.92 Å². The van der Waals surface area contributed by atoms with E-state index < -0.39 is 6.10 Å². The van der Waals surface area contributed by atoms with E-state index in [1.165, 1.54) is 6.26 Å². The van der Waals surface area contributed by atoms with Crippen LogP contribution in [0.1, 0.15) is 38.0 Å². The van der Waals surface area contributed by atoms with Crippen LogP contribution in [-0.2, 0) is 6.42 Å². The third-order valence-electron chi connectivity index (χ3n) is 3.82. The molecule has 1 aromatic carbocycles. The zero-order chi connectivity index (χ0) is 17.8. The second-order valence-corrected chi connectivity index (χ2v) is 5.91. The summed E-state index contributed by atoms with van der Waals surface area (Å²) in [6.07, 6.45) is 1.81. The number of urea groups is 1. The molecule has 3 N–H and O–H groups in total. The van der Waals surface area contributed by atoms with Crippen LogP contribution < -0.4 is 10.6 Å². The summed E-state index contributed by atoms with van der Waals surface area (Å²) in [5.74, 6) is 1.15. The highest BCUT2D eigenvalue weighted by Crippen LogP contribution is 2.21. The number of amides is 2. The van der Waals surface area contributed by atoms with E-state index in [9.17, 15) is 9.90 Å². The van der Waals surface area contributed by atoms with Gasteiger partial charge in [0.1, 0.15) is 17.4 Å². The number of fused-ring (bicyclic) bond motifs is 1. The first-order valence-corrected chi connectivity index (χ1v) is 8.23. The molecule has 0 aliphatic heterocycles. The lowest BCUT2D eigenvalue weighted by molar-refractivity contribution is 0.130. The lowest BCUT2D eigenvalue weighted by Gasteiger charge is -2.17. The Hall–Kier alpha value is -2.80. The molecule has 0 aliphatic carbocycles. The zero-order valence-electron chi connectivity index (χ0n) is 14.2. The Labute approximate surface area is 145 Å². The average molecular weight is 343 g/mol. The predicted molar refractivity (Wildman–Crippen MR) is 93.3 cm³/mol. The minimum Gasteiger partial charge on any atom is -0.467 e. The number of aryl methyl sites for hydroxylation is 1. The number of hydrogen-bond donors (Lipinski definition) is 3. The van der Waals surface area contributed by atoms with Gasteiger partial charge >= 0.3 is 6.03 Å². The van der Waals surface area contributed by atoms with Gasteiger partial charge in [0.25, 0.3) is 0 Å². The summed E-state index contributed by atoms with van der Waals surface area (Å²) in [7, 11) is 0. The van der Waals surface area contributed by atoms with Gasteiger partial charge in [-0.3, -0.25) is 0 Å². The minimum atomic E-state index is -0.760. The molecule has 132 valence electrons. The average Bonchev–Trinajstić information content (AvgIpc) is 3.23. The second-order valence-electron chi connectivity index (χ2n) is 5.91. The molecule has 2 atom stereocenters. The van der Waals surface area contributed by atoms with Gasteiger partial charge in [-0.25, -0.2) is 9.78 Å². The van der Waals surface area contributed by atoms with Crippen molar-refractivity contribution in [3.05, 3.63) is 48.2 Å². The maximum absolute atomic E-state index is 12.1. The fourth-order valence-corrected chi connectivity index (χ4v) is 2.59. The van der Waals surface area contributed by atoms with Crippen LogP contribution >= 0.6 is 0 Å². The van der Waals surface area contributed by atoms with Gasteiger partial charge < -0.3 is 24.6 Å². The van der Waals surface area contributed by atoms with E-state index in [1.807, 2.05) is 13.8 Å². The van der Waals surface area contributed by atoms with Crippen LogP contribution in [0.3, 0.4) is 0 Å². The van der Waals surface area contributed by atoms with Gasteiger partial charge in [0.05, 0.1) is 6.26 Å². The molecule has 0 radical (unpaired) electrons. The van der Waals surface area contributed by atoms with Crippen molar-refractivity contribution in [2.24, 2.45) is 0 Å². The number of benzene rings is 1. The highest BCUT2D eigenvalue weighted by molar-refractivity contribution is 5.91. The number of hydrogen-bond acceptors (Lipinski definition) is 5. The van der Waals surface area contributed by atoms with Gasteiger partial charge in [0.2, 0.25) is 0 Å². The van der Waals surface area contributed by atoms with Crippen molar-refractivity contribution in [2.45, 2.75) is 38.8 Å². The number of rotatable bonds is 6. The van der Waals surface area contributed by atoms with Crippen molar-refractivity contribution in [1.82, 2.24) is 10.3 Å².